The van der Waals surface area contributed by atoms with Gasteiger partial charge in [-0.1, -0.05) is 133 Å². The van der Waals surface area contributed by atoms with Gasteiger partial charge in [0.05, 0.1) is 17.1 Å². The first-order chi connectivity index (χ1) is 23.6. The predicted molar refractivity (Wildman–Crippen MR) is 197 cm³/mol. The molecule has 49 heavy (non-hydrogen) atoms. The SMILES string of the molecule is CC1(C)c2ccccc2Oc2c(N(c3cccc4c3Oc3ccccc3C4(C)C)c3cccc4c3Oc3ccccc3C4(C)C)cccc21. The highest BCUT2D eigenvalue weighted by molar-refractivity contribution is 5.90. The van der Waals surface area contributed by atoms with E-state index in [1.54, 1.807) is 0 Å². The lowest BCUT2D eigenvalue weighted by atomic mass is 9.74. The molecule has 0 aliphatic carbocycles. The molecule has 3 aliphatic rings. The molecule has 0 fully saturated rings. The maximum Gasteiger partial charge on any atom is 0.155 e. The van der Waals surface area contributed by atoms with Gasteiger partial charge in [0.25, 0.3) is 0 Å². The number of anilines is 3. The molecule has 9 rings (SSSR count). The normalized spacial score (nSPS) is 16.5. The Kier molecular flexibility index (Phi) is 6.21. The van der Waals surface area contributed by atoms with Crippen molar-refractivity contribution in [1.29, 1.82) is 0 Å². The molecule has 4 nitrogen and oxygen atoms in total. The number of hydrogen-bond donors (Lipinski definition) is 0. The molecule has 242 valence electrons. The van der Waals surface area contributed by atoms with Gasteiger partial charge in [0.2, 0.25) is 0 Å². The number of para-hydroxylation sites is 6. The van der Waals surface area contributed by atoms with Crippen LogP contribution in [-0.2, 0) is 16.2 Å². The van der Waals surface area contributed by atoms with Crippen molar-refractivity contribution >= 4 is 17.1 Å². The number of fused-ring (bicyclic) bond motifs is 6. The van der Waals surface area contributed by atoms with Gasteiger partial charge < -0.3 is 14.2 Å². The van der Waals surface area contributed by atoms with E-state index in [0.29, 0.717) is 0 Å². The van der Waals surface area contributed by atoms with Gasteiger partial charge in [-0.15, -0.1) is 0 Å². The van der Waals surface area contributed by atoms with Crippen LogP contribution in [0.3, 0.4) is 0 Å². The van der Waals surface area contributed by atoms with Crippen LogP contribution < -0.4 is 19.1 Å². The van der Waals surface area contributed by atoms with Crippen LogP contribution in [-0.4, -0.2) is 0 Å². The average Bonchev–Trinajstić information content (AvgIpc) is 3.09. The van der Waals surface area contributed by atoms with Crippen molar-refractivity contribution in [3.63, 3.8) is 0 Å². The summed E-state index contributed by atoms with van der Waals surface area (Å²) in [6.07, 6.45) is 0. The Bertz CT molecular complexity index is 2050. The number of rotatable bonds is 3. The fourth-order valence-electron chi connectivity index (χ4n) is 8.27. The van der Waals surface area contributed by atoms with Gasteiger partial charge in [0.15, 0.2) is 17.2 Å². The fourth-order valence-corrected chi connectivity index (χ4v) is 8.27. The van der Waals surface area contributed by atoms with Crippen molar-refractivity contribution in [2.24, 2.45) is 0 Å². The first kappa shape index (κ1) is 29.6. The molecule has 0 radical (unpaired) electrons. The van der Waals surface area contributed by atoms with E-state index in [-0.39, 0.29) is 16.2 Å². The largest absolute Gasteiger partial charge is 0.455 e. The first-order valence-corrected chi connectivity index (χ1v) is 17.1. The van der Waals surface area contributed by atoms with Gasteiger partial charge in [0, 0.05) is 49.6 Å². The van der Waals surface area contributed by atoms with E-state index >= 15 is 0 Å². The summed E-state index contributed by atoms with van der Waals surface area (Å²) in [5.74, 6) is 5.09. The zero-order valence-corrected chi connectivity index (χ0v) is 28.8. The van der Waals surface area contributed by atoms with Crippen LogP contribution in [0.5, 0.6) is 34.5 Å². The van der Waals surface area contributed by atoms with Crippen LogP contribution in [0.2, 0.25) is 0 Å². The van der Waals surface area contributed by atoms with Crippen molar-refractivity contribution < 1.29 is 14.2 Å². The second-order valence-electron chi connectivity index (χ2n) is 15.0. The van der Waals surface area contributed by atoms with E-state index < -0.39 is 0 Å². The number of benzene rings is 6. The molecule has 6 aromatic carbocycles. The van der Waals surface area contributed by atoms with E-state index in [1.165, 1.54) is 16.7 Å². The monoisotopic (exact) mass is 641 g/mol. The van der Waals surface area contributed by atoms with E-state index in [2.05, 4.69) is 156 Å². The summed E-state index contributed by atoms with van der Waals surface area (Å²) in [6.45, 7) is 13.7. The Morgan fingerprint density at radius 2 is 0.592 bits per heavy atom. The Hall–Kier alpha value is -5.48. The van der Waals surface area contributed by atoms with Gasteiger partial charge in [0.1, 0.15) is 17.2 Å². The van der Waals surface area contributed by atoms with Gasteiger partial charge >= 0.3 is 0 Å². The molecule has 0 unspecified atom stereocenters. The third kappa shape index (κ3) is 4.16. The van der Waals surface area contributed by atoms with Crippen LogP contribution >= 0.6 is 0 Å². The zero-order valence-electron chi connectivity index (χ0n) is 28.8. The lowest BCUT2D eigenvalue weighted by Crippen LogP contribution is -2.28. The molecule has 6 aromatic rings. The molecule has 0 N–H and O–H groups in total. The average molecular weight is 642 g/mol. The maximum atomic E-state index is 6.93. The second kappa shape index (κ2) is 10.3. The lowest BCUT2D eigenvalue weighted by Gasteiger charge is -2.41. The van der Waals surface area contributed by atoms with Crippen LogP contribution in [0.25, 0.3) is 0 Å². The molecule has 0 bridgehead atoms. The predicted octanol–water partition coefficient (Wildman–Crippen LogP) is 12.5. The maximum absolute atomic E-state index is 6.93. The van der Waals surface area contributed by atoms with Gasteiger partial charge in [-0.2, -0.15) is 0 Å². The molecule has 3 heterocycles. The highest BCUT2D eigenvalue weighted by Gasteiger charge is 2.42. The minimum Gasteiger partial charge on any atom is -0.455 e. The Balaban J connectivity index is 1.34. The number of nitrogens with zero attached hydrogens (tertiary/aromatic N) is 1. The molecule has 0 saturated heterocycles. The highest BCUT2D eigenvalue weighted by atomic mass is 16.5. The van der Waals surface area contributed by atoms with Crippen molar-refractivity contribution in [3.8, 4) is 34.5 Å². The van der Waals surface area contributed by atoms with Crippen molar-refractivity contribution in [3.05, 3.63) is 161 Å². The van der Waals surface area contributed by atoms with Crippen molar-refractivity contribution in [2.45, 2.75) is 57.8 Å². The van der Waals surface area contributed by atoms with Gasteiger partial charge in [-0.05, 0) is 36.4 Å². The van der Waals surface area contributed by atoms with Gasteiger partial charge in [-0.25, -0.2) is 0 Å². The third-order valence-electron chi connectivity index (χ3n) is 11.0. The van der Waals surface area contributed by atoms with Crippen LogP contribution in [0.4, 0.5) is 17.1 Å². The van der Waals surface area contributed by atoms with Crippen LogP contribution in [0.15, 0.2) is 127 Å². The summed E-state index contributed by atoms with van der Waals surface area (Å²) in [5.41, 5.74) is 8.79. The molecule has 0 saturated carbocycles. The van der Waals surface area contributed by atoms with Crippen molar-refractivity contribution in [1.82, 2.24) is 0 Å². The standard InChI is InChI=1S/C45H39NO3/c1-43(2)28-16-7-10-25-37(28)47-40-31(43)19-13-22-34(40)46(35-23-14-20-32-41(35)48-38-26-11-8-17-29(38)44(32,3)4)36-24-15-21-33-42(36)49-39-27-12-9-18-30(39)45(33,5)6/h7-27H,1-6H3. The second-order valence-corrected chi connectivity index (χ2v) is 15.0. The minimum atomic E-state index is -0.285. The Labute approximate surface area is 288 Å². The summed E-state index contributed by atoms with van der Waals surface area (Å²) in [6, 6.07) is 44.6. The summed E-state index contributed by atoms with van der Waals surface area (Å²) in [4.78, 5) is 2.30. The molecule has 3 aliphatic heterocycles. The Morgan fingerprint density at radius 1 is 0.327 bits per heavy atom. The minimum absolute atomic E-state index is 0.285. The van der Waals surface area contributed by atoms with Crippen LogP contribution in [0, 0.1) is 0 Å². The summed E-state index contributed by atoms with van der Waals surface area (Å²) in [7, 11) is 0. The molecular weight excluding hydrogens is 602 g/mol. The lowest BCUT2D eigenvalue weighted by molar-refractivity contribution is 0.413. The fraction of sp³-hybridized carbons (Fsp3) is 0.200. The summed E-state index contributed by atoms with van der Waals surface area (Å²) in [5, 5.41) is 0. The van der Waals surface area contributed by atoms with E-state index in [4.69, 9.17) is 14.2 Å². The number of ether oxygens (including phenoxy) is 3. The molecule has 0 spiro atoms. The highest BCUT2D eigenvalue weighted by Crippen LogP contribution is 2.60. The molecule has 0 atom stereocenters. The van der Waals surface area contributed by atoms with E-state index in [1.807, 2.05) is 18.2 Å². The van der Waals surface area contributed by atoms with Crippen molar-refractivity contribution in [2.75, 3.05) is 4.90 Å². The zero-order chi connectivity index (χ0) is 33.7. The van der Waals surface area contributed by atoms with E-state index in [9.17, 15) is 0 Å². The smallest absolute Gasteiger partial charge is 0.155 e. The molecular formula is C45H39NO3. The Morgan fingerprint density at radius 3 is 0.898 bits per heavy atom. The topological polar surface area (TPSA) is 30.9 Å². The summed E-state index contributed by atoms with van der Waals surface area (Å²) < 4.78 is 20.8. The molecule has 0 amide bonds. The van der Waals surface area contributed by atoms with Crippen LogP contribution in [0.1, 0.15) is 74.9 Å². The van der Waals surface area contributed by atoms with Gasteiger partial charge in [-0.3, -0.25) is 4.90 Å². The van der Waals surface area contributed by atoms with E-state index in [0.717, 1.165) is 68.2 Å². The first-order valence-electron chi connectivity index (χ1n) is 17.1. The quantitative estimate of drug-likeness (QED) is 0.192. The molecule has 0 aromatic heterocycles. The third-order valence-corrected chi connectivity index (χ3v) is 11.0. The number of hydrogen-bond acceptors (Lipinski definition) is 4. The molecule has 4 heteroatoms. The summed E-state index contributed by atoms with van der Waals surface area (Å²) >= 11 is 0.